The predicted octanol–water partition coefficient (Wildman–Crippen LogP) is 4.06. The number of ether oxygens (including phenoxy) is 1. The first-order valence-electron chi connectivity index (χ1n) is 7.07. The SMILES string of the molecule is CCNC(c1cccc(OCC)c1)c1c(F)cccc1F. The number of nitrogens with one attached hydrogen (secondary N) is 1. The first-order valence-corrected chi connectivity index (χ1v) is 7.07. The normalized spacial score (nSPS) is 12.2. The molecule has 0 radical (unpaired) electrons. The van der Waals surface area contributed by atoms with Crippen molar-refractivity contribution in [1.29, 1.82) is 0 Å². The van der Waals surface area contributed by atoms with E-state index in [-0.39, 0.29) is 5.56 Å². The second kappa shape index (κ2) is 7.18. The van der Waals surface area contributed by atoms with Crippen molar-refractivity contribution in [3.63, 3.8) is 0 Å². The van der Waals surface area contributed by atoms with Crippen molar-refractivity contribution < 1.29 is 13.5 Å². The smallest absolute Gasteiger partial charge is 0.131 e. The molecule has 1 atom stereocenters. The quantitative estimate of drug-likeness (QED) is 0.866. The van der Waals surface area contributed by atoms with Crippen molar-refractivity contribution in [2.24, 2.45) is 0 Å². The van der Waals surface area contributed by atoms with E-state index in [1.165, 1.54) is 18.2 Å². The topological polar surface area (TPSA) is 21.3 Å². The Morgan fingerprint density at radius 3 is 2.33 bits per heavy atom. The van der Waals surface area contributed by atoms with Crippen LogP contribution in [0.4, 0.5) is 8.78 Å². The van der Waals surface area contributed by atoms with Crippen LogP contribution in [0.1, 0.15) is 31.0 Å². The standard InChI is InChI=1S/C17H19F2NO/c1-3-20-17(16-14(18)9-6-10-15(16)19)12-7-5-8-13(11-12)21-4-2/h5-11,17,20H,3-4H2,1-2H3. The Labute approximate surface area is 123 Å². The average molecular weight is 291 g/mol. The Morgan fingerprint density at radius 2 is 1.71 bits per heavy atom. The van der Waals surface area contributed by atoms with E-state index in [1.54, 1.807) is 0 Å². The zero-order valence-corrected chi connectivity index (χ0v) is 12.2. The molecule has 1 unspecified atom stereocenters. The van der Waals surface area contributed by atoms with Gasteiger partial charge >= 0.3 is 0 Å². The van der Waals surface area contributed by atoms with Crippen LogP contribution in [-0.4, -0.2) is 13.2 Å². The molecule has 2 aromatic carbocycles. The summed E-state index contributed by atoms with van der Waals surface area (Å²) in [6.45, 7) is 4.93. The van der Waals surface area contributed by atoms with Gasteiger partial charge in [0, 0.05) is 5.56 Å². The first kappa shape index (κ1) is 15.4. The van der Waals surface area contributed by atoms with Gasteiger partial charge in [-0.05, 0) is 43.3 Å². The van der Waals surface area contributed by atoms with Crippen LogP contribution in [0.2, 0.25) is 0 Å². The molecule has 2 rings (SSSR count). The van der Waals surface area contributed by atoms with Crippen molar-refractivity contribution >= 4 is 0 Å². The first-order chi connectivity index (χ1) is 10.2. The molecule has 112 valence electrons. The largest absolute Gasteiger partial charge is 0.494 e. The summed E-state index contributed by atoms with van der Waals surface area (Å²) in [5.41, 5.74) is 0.805. The Kier molecular flexibility index (Phi) is 5.28. The molecule has 21 heavy (non-hydrogen) atoms. The third-order valence-corrected chi connectivity index (χ3v) is 3.20. The molecule has 0 saturated heterocycles. The molecule has 0 saturated carbocycles. The predicted molar refractivity (Wildman–Crippen MR) is 79.5 cm³/mol. The van der Waals surface area contributed by atoms with Crippen molar-refractivity contribution in [3.05, 3.63) is 65.2 Å². The summed E-state index contributed by atoms with van der Waals surface area (Å²) in [6.07, 6.45) is 0. The lowest BCUT2D eigenvalue weighted by molar-refractivity contribution is 0.339. The van der Waals surface area contributed by atoms with Gasteiger partial charge in [0.05, 0.1) is 12.6 Å². The second-order valence-corrected chi connectivity index (χ2v) is 4.63. The maximum Gasteiger partial charge on any atom is 0.131 e. The van der Waals surface area contributed by atoms with E-state index in [4.69, 9.17) is 4.74 Å². The number of benzene rings is 2. The molecule has 0 bridgehead atoms. The highest BCUT2D eigenvalue weighted by Crippen LogP contribution is 2.29. The van der Waals surface area contributed by atoms with Crippen LogP contribution in [0.25, 0.3) is 0 Å². The molecule has 0 fully saturated rings. The maximum absolute atomic E-state index is 14.0. The molecule has 0 spiro atoms. The summed E-state index contributed by atoms with van der Waals surface area (Å²) in [7, 11) is 0. The van der Waals surface area contributed by atoms with Crippen molar-refractivity contribution in [1.82, 2.24) is 5.32 Å². The van der Waals surface area contributed by atoms with Crippen molar-refractivity contribution in [2.45, 2.75) is 19.9 Å². The number of hydrogen-bond donors (Lipinski definition) is 1. The van der Waals surface area contributed by atoms with Gasteiger partial charge in [0.2, 0.25) is 0 Å². The highest BCUT2D eigenvalue weighted by atomic mass is 19.1. The minimum atomic E-state index is -0.553. The highest BCUT2D eigenvalue weighted by Gasteiger charge is 2.21. The third kappa shape index (κ3) is 3.58. The zero-order chi connectivity index (χ0) is 15.2. The van der Waals surface area contributed by atoms with Gasteiger partial charge in [-0.25, -0.2) is 8.78 Å². The van der Waals surface area contributed by atoms with E-state index in [1.807, 2.05) is 38.1 Å². The van der Waals surface area contributed by atoms with Crippen LogP contribution in [0.5, 0.6) is 5.75 Å². The van der Waals surface area contributed by atoms with Crippen molar-refractivity contribution in [2.75, 3.05) is 13.2 Å². The summed E-state index contributed by atoms with van der Waals surface area (Å²) in [6, 6.07) is 10.7. The van der Waals surface area contributed by atoms with Crippen LogP contribution < -0.4 is 10.1 Å². The van der Waals surface area contributed by atoms with E-state index >= 15 is 0 Å². The summed E-state index contributed by atoms with van der Waals surface area (Å²) in [5, 5.41) is 3.13. The zero-order valence-electron chi connectivity index (χ0n) is 12.2. The van der Waals surface area contributed by atoms with Crippen LogP contribution in [0.3, 0.4) is 0 Å². The lowest BCUT2D eigenvalue weighted by Crippen LogP contribution is -2.24. The van der Waals surface area contributed by atoms with Gasteiger partial charge in [-0.15, -0.1) is 0 Å². The third-order valence-electron chi connectivity index (χ3n) is 3.20. The second-order valence-electron chi connectivity index (χ2n) is 4.63. The van der Waals surface area contributed by atoms with Gasteiger partial charge in [0.25, 0.3) is 0 Å². The van der Waals surface area contributed by atoms with Crippen LogP contribution in [0.15, 0.2) is 42.5 Å². The van der Waals surface area contributed by atoms with E-state index in [9.17, 15) is 8.78 Å². The highest BCUT2D eigenvalue weighted by molar-refractivity contribution is 5.38. The molecule has 2 nitrogen and oxygen atoms in total. The molecule has 0 aliphatic heterocycles. The fourth-order valence-electron chi connectivity index (χ4n) is 2.33. The summed E-state index contributed by atoms with van der Waals surface area (Å²) in [4.78, 5) is 0. The fraction of sp³-hybridized carbons (Fsp3) is 0.294. The number of rotatable bonds is 6. The Hall–Kier alpha value is -1.94. The van der Waals surface area contributed by atoms with E-state index in [2.05, 4.69) is 5.32 Å². The number of hydrogen-bond acceptors (Lipinski definition) is 2. The fourth-order valence-corrected chi connectivity index (χ4v) is 2.33. The monoisotopic (exact) mass is 291 g/mol. The Morgan fingerprint density at radius 1 is 1.05 bits per heavy atom. The van der Waals surface area contributed by atoms with Crippen LogP contribution in [0, 0.1) is 11.6 Å². The molecule has 2 aromatic rings. The minimum absolute atomic E-state index is 0.0352. The van der Waals surface area contributed by atoms with Gasteiger partial charge in [-0.1, -0.05) is 25.1 Å². The summed E-state index contributed by atoms with van der Waals surface area (Å²) in [5.74, 6) is -0.417. The minimum Gasteiger partial charge on any atom is -0.494 e. The molecule has 0 aliphatic rings. The van der Waals surface area contributed by atoms with E-state index in [0.717, 1.165) is 5.56 Å². The summed E-state index contributed by atoms with van der Waals surface area (Å²) < 4.78 is 33.5. The van der Waals surface area contributed by atoms with E-state index in [0.29, 0.717) is 18.9 Å². The van der Waals surface area contributed by atoms with E-state index < -0.39 is 17.7 Å². The maximum atomic E-state index is 14.0. The molecular weight excluding hydrogens is 272 g/mol. The molecule has 4 heteroatoms. The molecule has 0 aromatic heterocycles. The average Bonchev–Trinajstić information content (AvgIpc) is 2.47. The Bertz CT molecular complexity index is 581. The Balaban J connectivity index is 2.46. The molecule has 0 aliphatic carbocycles. The van der Waals surface area contributed by atoms with Gasteiger partial charge in [-0.3, -0.25) is 0 Å². The van der Waals surface area contributed by atoms with Crippen LogP contribution >= 0.6 is 0 Å². The number of halogens is 2. The van der Waals surface area contributed by atoms with Gasteiger partial charge in [0.15, 0.2) is 0 Å². The molecular formula is C17H19F2NO. The molecule has 1 N–H and O–H groups in total. The lowest BCUT2D eigenvalue weighted by Gasteiger charge is -2.20. The lowest BCUT2D eigenvalue weighted by atomic mass is 9.97. The van der Waals surface area contributed by atoms with Crippen LogP contribution in [-0.2, 0) is 0 Å². The summed E-state index contributed by atoms with van der Waals surface area (Å²) >= 11 is 0. The van der Waals surface area contributed by atoms with Crippen molar-refractivity contribution in [3.8, 4) is 5.75 Å². The van der Waals surface area contributed by atoms with Gasteiger partial charge in [-0.2, -0.15) is 0 Å². The van der Waals surface area contributed by atoms with Gasteiger partial charge in [0.1, 0.15) is 17.4 Å². The molecule has 0 amide bonds. The molecule has 0 heterocycles. The van der Waals surface area contributed by atoms with Gasteiger partial charge < -0.3 is 10.1 Å².